The standard InChI is InChI=1S/C23H30N4O3/c1-2-19(15-6-4-3-5-7-15)23(29)24-18-12-17(13-18)20-14-21(27-26-20)25-22(28)16-8-10-30-11-9-16/h3-7,14,16-19H,2,8-13H2,1H3,(H,24,29)(H2,25,26,27,28). The third kappa shape index (κ3) is 4.73. The molecule has 30 heavy (non-hydrogen) atoms. The van der Waals surface area contributed by atoms with Gasteiger partial charge in [-0.15, -0.1) is 0 Å². The van der Waals surface area contributed by atoms with Gasteiger partial charge in [0.1, 0.15) is 0 Å². The molecule has 7 nitrogen and oxygen atoms in total. The summed E-state index contributed by atoms with van der Waals surface area (Å²) in [6.45, 7) is 3.33. The maximum absolute atomic E-state index is 12.7. The number of amides is 2. The van der Waals surface area contributed by atoms with Crippen LogP contribution in [0, 0.1) is 5.92 Å². The number of H-pyrrole nitrogens is 1. The second-order valence-electron chi connectivity index (χ2n) is 8.33. The molecule has 1 aromatic carbocycles. The van der Waals surface area contributed by atoms with Gasteiger partial charge in [-0.25, -0.2) is 0 Å². The van der Waals surface area contributed by atoms with Gasteiger partial charge < -0.3 is 15.4 Å². The number of anilines is 1. The van der Waals surface area contributed by atoms with Crippen LogP contribution in [0.25, 0.3) is 0 Å². The van der Waals surface area contributed by atoms with E-state index in [2.05, 4.69) is 20.8 Å². The largest absolute Gasteiger partial charge is 0.381 e. The Bertz CT molecular complexity index is 854. The Morgan fingerprint density at radius 1 is 1.20 bits per heavy atom. The molecule has 2 amide bonds. The van der Waals surface area contributed by atoms with Gasteiger partial charge in [0.05, 0.1) is 5.92 Å². The van der Waals surface area contributed by atoms with E-state index in [1.807, 2.05) is 43.3 Å². The molecule has 1 saturated carbocycles. The first-order valence-electron chi connectivity index (χ1n) is 10.9. The fraction of sp³-hybridized carbons (Fsp3) is 0.522. The summed E-state index contributed by atoms with van der Waals surface area (Å²) in [7, 11) is 0. The highest BCUT2D eigenvalue weighted by Crippen LogP contribution is 2.37. The summed E-state index contributed by atoms with van der Waals surface area (Å²) >= 11 is 0. The fourth-order valence-electron chi connectivity index (χ4n) is 4.35. The third-order valence-electron chi connectivity index (χ3n) is 6.29. The lowest BCUT2D eigenvalue weighted by molar-refractivity contribution is -0.124. The Morgan fingerprint density at radius 3 is 2.63 bits per heavy atom. The molecule has 2 fully saturated rings. The van der Waals surface area contributed by atoms with Crippen LogP contribution in [0.1, 0.15) is 62.1 Å². The Kier molecular flexibility index (Phi) is 6.47. The zero-order valence-corrected chi connectivity index (χ0v) is 17.4. The molecular weight excluding hydrogens is 380 g/mol. The summed E-state index contributed by atoms with van der Waals surface area (Å²) in [5.41, 5.74) is 2.07. The smallest absolute Gasteiger partial charge is 0.228 e. The number of carbonyl (C=O) groups excluding carboxylic acids is 2. The Morgan fingerprint density at radius 2 is 1.93 bits per heavy atom. The number of hydrogen-bond donors (Lipinski definition) is 3. The van der Waals surface area contributed by atoms with Crippen molar-refractivity contribution in [3.8, 4) is 0 Å². The monoisotopic (exact) mass is 410 g/mol. The molecule has 160 valence electrons. The van der Waals surface area contributed by atoms with Crippen molar-refractivity contribution in [2.75, 3.05) is 18.5 Å². The molecule has 2 heterocycles. The van der Waals surface area contributed by atoms with Gasteiger partial charge in [-0.3, -0.25) is 14.7 Å². The van der Waals surface area contributed by atoms with E-state index in [1.54, 1.807) is 0 Å². The highest BCUT2D eigenvalue weighted by molar-refractivity contribution is 5.91. The summed E-state index contributed by atoms with van der Waals surface area (Å²) in [4.78, 5) is 25.1. The number of ether oxygens (including phenoxy) is 1. The molecule has 7 heteroatoms. The summed E-state index contributed by atoms with van der Waals surface area (Å²) in [6.07, 6.45) is 4.06. The van der Waals surface area contributed by atoms with E-state index >= 15 is 0 Å². The highest BCUT2D eigenvalue weighted by atomic mass is 16.5. The van der Waals surface area contributed by atoms with Gasteiger partial charge in [0.2, 0.25) is 11.8 Å². The number of hydrogen-bond acceptors (Lipinski definition) is 4. The Labute approximate surface area is 177 Å². The van der Waals surface area contributed by atoms with Gasteiger partial charge in [-0.05, 0) is 37.7 Å². The second-order valence-corrected chi connectivity index (χ2v) is 8.33. The third-order valence-corrected chi connectivity index (χ3v) is 6.29. The van der Waals surface area contributed by atoms with Crippen LogP contribution in [-0.4, -0.2) is 41.3 Å². The zero-order valence-electron chi connectivity index (χ0n) is 17.4. The molecule has 1 atom stereocenters. The van der Waals surface area contributed by atoms with E-state index in [4.69, 9.17) is 4.74 Å². The molecule has 2 aromatic rings. The number of nitrogens with zero attached hydrogens (tertiary/aromatic N) is 1. The second kappa shape index (κ2) is 9.43. The minimum Gasteiger partial charge on any atom is -0.381 e. The summed E-state index contributed by atoms with van der Waals surface area (Å²) in [5.74, 6) is 0.906. The van der Waals surface area contributed by atoms with Crippen LogP contribution < -0.4 is 10.6 Å². The first-order valence-corrected chi connectivity index (χ1v) is 10.9. The van der Waals surface area contributed by atoms with Crippen molar-refractivity contribution in [1.82, 2.24) is 15.5 Å². The summed E-state index contributed by atoms with van der Waals surface area (Å²) in [6, 6.07) is 12.0. The zero-order chi connectivity index (χ0) is 20.9. The Hall–Kier alpha value is -2.67. The first-order chi connectivity index (χ1) is 14.6. The van der Waals surface area contributed by atoms with Crippen LogP contribution in [0.5, 0.6) is 0 Å². The van der Waals surface area contributed by atoms with E-state index < -0.39 is 0 Å². The highest BCUT2D eigenvalue weighted by Gasteiger charge is 2.34. The average molecular weight is 411 g/mol. The lowest BCUT2D eigenvalue weighted by Gasteiger charge is -2.36. The molecule has 1 saturated heterocycles. The van der Waals surface area contributed by atoms with Crippen LogP contribution in [-0.2, 0) is 14.3 Å². The molecule has 1 unspecified atom stereocenters. The SMILES string of the molecule is CCC(C(=O)NC1CC(c2cc(NC(=O)C3CCOCC3)n[nH]2)C1)c1ccccc1. The number of carbonyl (C=O) groups is 2. The van der Waals surface area contributed by atoms with E-state index in [9.17, 15) is 9.59 Å². The van der Waals surface area contributed by atoms with Crippen molar-refractivity contribution in [2.24, 2.45) is 5.92 Å². The number of rotatable bonds is 7. The van der Waals surface area contributed by atoms with E-state index in [-0.39, 0.29) is 29.7 Å². The van der Waals surface area contributed by atoms with Crippen molar-refractivity contribution in [2.45, 2.75) is 56.9 Å². The average Bonchev–Trinajstić information content (AvgIpc) is 3.20. The number of benzene rings is 1. The van der Waals surface area contributed by atoms with E-state index in [1.165, 1.54) is 0 Å². The van der Waals surface area contributed by atoms with Crippen molar-refractivity contribution in [3.05, 3.63) is 47.7 Å². The van der Waals surface area contributed by atoms with Gasteiger partial charge >= 0.3 is 0 Å². The van der Waals surface area contributed by atoms with E-state index in [0.29, 0.717) is 24.9 Å². The summed E-state index contributed by atoms with van der Waals surface area (Å²) in [5, 5.41) is 13.4. The fourth-order valence-corrected chi connectivity index (χ4v) is 4.35. The Balaban J connectivity index is 1.25. The molecule has 2 aliphatic rings. The van der Waals surface area contributed by atoms with Crippen LogP contribution in [0.3, 0.4) is 0 Å². The van der Waals surface area contributed by atoms with Crippen LogP contribution in [0.4, 0.5) is 5.82 Å². The normalized spacial score (nSPS) is 22.7. The molecule has 4 rings (SSSR count). The predicted molar refractivity (Wildman–Crippen MR) is 114 cm³/mol. The lowest BCUT2D eigenvalue weighted by Crippen LogP contribution is -2.45. The first kappa shape index (κ1) is 20.6. The molecule has 0 bridgehead atoms. The summed E-state index contributed by atoms with van der Waals surface area (Å²) < 4.78 is 5.31. The molecule has 0 spiro atoms. The van der Waals surface area contributed by atoms with Gasteiger partial charge in [0.25, 0.3) is 0 Å². The van der Waals surface area contributed by atoms with Crippen LogP contribution in [0.2, 0.25) is 0 Å². The van der Waals surface area contributed by atoms with E-state index in [0.717, 1.165) is 43.4 Å². The molecule has 3 N–H and O–H groups in total. The van der Waals surface area contributed by atoms with Crippen LogP contribution in [0.15, 0.2) is 36.4 Å². The van der Waals surface area contributed by atoms with Crippen molar-refractivity contribution in [3.63, 3.8) is 0 Å². The molecule has 1 aliphatic heterocycles. The maximum Gasteiger partial charge on any atom is 0.228 e. The van der Waals surface area contributed by atoms with Crippen molar-refractivity contribution >= 4 is 17.6 Å². The van der Waals surface area contributed by atoms with Gasteiger partial charge in [0, 0.05) is 42.9 Å². The topological polar surface area (TPSA) is 96.1 Å². The minimum absolute atomic E-state index is 0.00155. The maximum atomic E-state index is 12.7. The van der Waals surface area contributed by atoms with Crippen molar-refractivity contribution in [1.29, 1.82) is 0 Å². The van der Waals surface area contributed by atoms with Gasteiger partial charge in [-0.1, -0.05) is 37.3 Å². The number of aromatic amines is 1. The lowest BCUT2D eigenvalue weighted by atomic mass is 9.78. The molecule has 1 aliphatic carbocycles. The quantitative estimate of drug-likeness (QED) is 0.652. The van der Waals surface area contributed by atoms with Gasteiger partial charge in [-0.2, -0.15) is 5.10 Å². The minimum atomic E-state index is -0.107. The number of aromatic nitrogens is 2. The number of nitrogens with one attached hydrogen (secondary N) is 3. The molecule has 0 radical (unpaired) electrons. The molecule has 1 aromatic heterocycles. The predicted octanol–water partition coefficient (Wildman–Crippen LogP) is 3.33. The van der Waals surface area contributed by atoms with Gasteiger partial charge in [0.15, 0.2) is 5.82 Å². The molecular formula is C23H30N4O3. The van der Waals surface area contributed by atoms with Crippen molar-refractivity contribution < 1.29 is 14.3 Å². The van der Waals surface area contributed by atoms with Crippen LogP contribution >= 0.6 is 0 Å².